The van der Waals surface area contributed by atoms with Gasteiger partial charge in [-0.25, -0.2) is 0 Å². The molecule has 0 unspecified atom stereocenters. The monoisotopic (exact) mass is 717 g/mol. The molecule has 2 heterocycles. The number of carboxylic acid groups (broad SMARTS) is 2. The van der Waals surface area contributed by atoms with E-state index < -0.39 is 43.0 Å². The van der Waals surface area contributed by atoms with E-state index in [9.17, 15) is 35.5 Å². The number of aliphatic carboxylic acids is 2. The normalized spacial score (nSPS) is 17.6. The van der Waals surface area contributed by atoms with Crippen molar-refractivity contribution in [3.05, 3.63) is 71.5 Å². The van der Waals surface area contributed by atoms with Crippen molar-refractivity contribution in [2.24, 2.45) is 0 Å². The molecule has 0 bridgehead atoms. The Bertz CT molecular complexity index is 1940. The number of carboxylic acids is 2. The van der Waals surface area contributed by atoms with Gasteiger partial charge in [-0.3, -0.25) is 18.7 Å². The topological polar surface area (TPSA) is 190 Å². The second-order valence-corrected chi connectivity index (χ2v) is 16.4. The summed E-state index contributed by atoms with van der Waals surface area (Å²) in [5, 5.41) is 18.1. The highest BCUT2D eigenvalue weighted by molar-refractivity contribution is 7.86. The van der Waals surface area contributed by atoms with Crippen molar-refractivity contribution in [3.63, 3.8) is 0 Å². The molecule has 266 valence electrons. The van der Waals surface area contributed by atoms with Crippen LogP contribution >= 0.6 is 0 Å². The highest BCUT2D eigenvalue weighted by Gasteiger charge is 2.45. The largest absolute Gasteiger partial charge is 0.481 e. The van der Waals surface area contributed by atoms with Crippen LogP contribution in [-0.2, 0) is 40.7 Å². The fraction of sp³-hybridized carbons (Fsp3) is 0.457. The summed E-state index contributed by atoms with van der Waals surface area (Å²) in [5.74, 6) is -1.71. The lowest BCUT2D eigenvalue weighted by molar-refractivity contribution is -0.438. The van der Waals surface area contributed by atoms with Gasteiger partial charge in [-0.2, -0.15) is 21.4 Å². The van der Waals surface area contributed by atoms with Crippen molar-refractivity contribution in [1.82, 2.24) is 0 Å². The predicted molar refractivity (Wildman–Crippen MR) is 185 cm³/mol. The van der Waals surface area contributed by atoms with Gasteiger partial charge in [0, 0.05) is 60.3 Å². The zero-order valence-electron chi connectivity index (χ0n) is 28.2. The Hall–Kier alpha value is -3.85. The lowest BCUT2D eigenvalue weighted by atomic mass is 9.81. The highest BCUT2D eigenvalue weighted by atomic mass is 32.2. The van der Waals surface area contributed by atoms with Crippen molar-refractivity contribution in [2.75, 3.05) is 18.0 Å². The van der Waals surface area contributed by atoms with Crippen LogP contribution in [0.25, 0.3) is 0 Å². The maximum atomic E-state index is 12.0. The summed E-state index contributed by atoms with van der Waals surface area (Å²) >= 11 is 0. The number of unbranched alkanes of at least 4 members (excludes halogenated alkanes) is 4. The number of fused-ring (bicyclic) bond motifs is 2. The van der Waals surface area contributed by atoms with Gasteiger partial charge in [-0.05, 0) is 81.5 Å². The number of rotatable bonds is 16. The summed E-state index contributed by atoms with van der Waals surface area (Å²) in [7, 11) is -8.88. The third-order valence-corrected chi connectivity index (χ3v) is 11.1. The molecule has 0 saturated heterocycles. The van der Waals surface area contributed by atoms with Gasteiger partial charge in [0.1, 0.15) is 6.54 Å². The van der Waals surface area contributed by atoms with Crippen molar-refractivity contribution in [3.8, 4) is 0 Å². The van der Waals surface area contributed by atoms with Crippen LogP contribution in [-0.4, -0.2) is 71.5 Å². The average molecular weight is 718 g/mol. The summed E-state index contributed by atoms with van der Waals surface area (Å²) in [6.07, 6.45) is 9.74. The summed E-state index contributed by atoms with van der Waals surface area (Å²) in [5.41, 5.74) is 3.40. The minimum Gasteiger partial charge on any atom is -0.481 e. The van der Waals surface area contributed by atoms with E-state index in [4.69, 9.17) is 10.2 Å². The molecular formula is C35H45N2O10S2+. The average Bonchev–Trinajstić information content (AvgIpc) is 3.33. The first-order chi connectivity index (χ1) is 22.8. The molecule has 0 spiro atoms. The molecule has 0 aliphatic carbocycles. The maximum absolute atomic E-state index is 12.0. The number of nitrogens with zero attached hydrogens (tertiary/aromatic N) is 2. The summed E-state index contributed by atoms with van der Waals surface area (Å²) in [4.78, 5) is 23.7. The Labute approximate surface area is 288 Å². The summed E-state index contributed by atoms with van der Waals surface area (Å²) < 4.78 is 69.7. The van der Waals surface area contributed by atoms with E-state index in [0.717, 1.165) is 33.9 Å². The molecule has 0 radical (unpaired) electrons. The van der Waals surface area contributed by atoms with Crippen molar-refractivity contribution >= 4 is 49.3 Å². The van der Waals surface area contributed by atoms with Gasteiger partial charge in [-0.15, -0.1) is 0 Å². The minimum atomic E-state index is -4.44. The van der Waals surface area contributed by atoms with Gasteiger partial charge in [0.05, 0.1) is 15.2 Å². The standard InChI is InChI=1S/C35H44N2O10S2/c1-34(2)26-22-24(48(42,43)44)16-18-28(26)36(20-9-5-7-14-32(38)39)30(34)12-11-13-31-35(3,4)27-23-25(49(45,46)47)17-19-29(27)37(31)21-10-6-8-15-33(40)41/h11-13,16-19,22-23H,5-10,14-15,20-21H2,1-4H3,(H3-,38,39,40,41,42,43,44,45,46,47)/p+1. The van der Waals surface area contributed by atoms with Crippen LogP contribution in [0.5, 0.6) is 0 Å². The van der Waals surface area contributed by atoms with Crippen LogP contribution in [0.15, 0.2) is 70.1 Å². The summed E-state index contributed by atoms with van der Waals surface area (Å²) in [6, 6.07) is 9.04. The molecule has 2 aromatic rings. The quantitative estimate of drug-likeness (QED) is 0.0894. The Morgan fingerprint density at radius 1 is 0.755 bits per heavy atom. The Morgan fingerprint density at radius 3 is 1.88 bits per heavy atom. The van der Waals surface area contributed by atoms with E-state index in [2.05, 4.69) is 9.48 Å². The second-order valence-electron chi connectivity index (χ2n) is 13.6. The number of hydrogen-bond acceptors (Lipinski definition) is 7. The first-order valence-corrected chi connectivity index (χ1v) is 19.1. The van der Waals surface area contributed by atoms with Crippen molar-refractivity contribution in [1.29, 1.82) is 0 Å². The zero-order chi connectivity index (χ0) is 36.4. The van der Waals surface area contributed by atoms with E-state index in [0.29, 0.717) is 51.6 Å². The highest BCUT2D eigenvalue weighted by Crippen LogP contribution is 2.49. The Kier molecular flexibility index (Phi) is 11.3. The maximum Gasteiger partial charge on any atom is 0.303 e. The van der Waals surface area contributed by atoms with Crippen LogP contribution in [0.3, 0.4) is 0 Å². The molecular weight excluding hydrogens is 673 g/mol. The molecule has 0 fully saturated rings. The SMILES string of the molecule is CC1(C)C(/C=C/C=C2\N(CCCCCC(=O)O)c3ccc(S(=O)(=O)O)cc3C2(C)C)=[N+](CCCCCC(=O)O)c2ccc(S(=O)(=O)O)cc21. The van der Waals surface area contributed by atoms with Crippen LogP contribution in [0.4, 0.5) is 11.4 Å². The molecule has 2 aliphatic heterocycles. The molecule has 14 heteroatoms. The van der Waals surface area contributed by atoms with E-state index in [1.165, 1.54) is 24.3 Å². The molecule has 12 nitrogen and oxygen atoms in total. The smallest absolute Gasteiger partial charge is 0.303 e. The van der Waals surface area contributed by atoms with Gasteiger partial charge < -0.3 is 15.1 Å². The van der Waals surface area contributed by atoms with Gasteiger partial charge in [0.2, 0.25) is 5.69 Å². The van der Waals surface area contributed by atoms with E-state index in [1.54, 1.807) is 12.1 Å². The first-order valence-electron chi connectivity index (χ1n) is 16.2. The lowest BCUT2D eigenvalue weighted by Crippen LogP contribution is -2.28. The van der Waals surface area contributed by atoms with Crippen LogP contribution in [0.1, 0.15) is 90.2 Å². The third-order valence-electron chi connectivity index (χ3n) is 9.38. The van der Waals surface area contributed by atoms with E-state index in [1.807, 2.05) is 45.9 Å². The van der Waals surface area contributed by atoms with E-state index >= 15 is 0 Å². The molecule has 0 saturated carbocycles. The minimum absolute atomic E-state index is 0.0732. The number of anilines is 1. The van der Waals surface area contributed by atoms with Crippen LogP contribution in [0, 0.1) is 0 Å². The molecule has 49 heavy (non-hydrogen) atoms. The number of benzene rings is 2. The van der Waals surface area contributed by atoms with Gasteiger partial charge in [0.15, 0.2) is 5.71 Å². The fourth-order valence-corrected chi connectivity index (χ4v) is 7.80. The van der Waals surface area contributed by atoms with Gasteiger partial charge in [0.25, 0.3) is 20.2 Å². The Balaban J connectivity index is 1.74. The van der Waals surface area contributed by atoms with Gasteiger partial charge in [-0.1, -0.05) is 26.3 Å². The molecule has 4 rings (SSSR count). The zero-order valence-corrected chi connectivity index (χ0v) is 29.8. The molecule has 0 aromatic heterocycles. The summed E-state index contributed by atoms with van der Waals surface area (Å²) in [6.45, 7) is 8.96. The molecule has 0 atom stereocenters. The van der Waals surface area contributed by atoms with Crippen LogP contribution < -0.4 is 4.90 Å². The second kappa shape index (κ2) is 14.6. The number of allylic oxidation sites excluding steroid dienone is 4. The van der Waals surface area contributed by atoms with E-state index in [-0.39, 0.29) is 22.6 Å². The first kappa shape index (κ1) is 38.0. The molecule has 2 aromatic carbocycles. The van der Waals surface area contributed by atoms with Crippen molar-refractivity contribution < 1.29 is 50.3 Å². The predicted octanol–water partition coefficient (Wildman–Crippen LogP) is 6.08. The lowest BCUT2D eigenvalue weighted by Gasteiger charge is -2.27. The fourth-order valence-electron chi connectivity index (χ4n) is 6.79. The van der Waals surface area contributed by atoms with Crippen molar-refractivity contribution in [2.45, 2.75) is 99.7 Å². The Morgan fingerprint density at radius 2 is 1.31 bits per heavy atom. The molecule has 4 N–H and O–H groups in total. The number of carbonyl (C=O) groups is 2. The number of hydrogen-bond donors (Lipinski definition) is 4. The molecule has 2 aliphatic rings. The van der Waals surface area contributed by atoms with Crippen LogP contribution in [0.2, 0.25) is 0 Å². The molecule has 0 amide bonds. The van der Waals surface area contributed by atoms with Gasteiger partial charge >= 0.3 is 11.9 Å². The third kappa shape index (κ3) is 8.48.